The topological polar surface area (TPSA) is 105 Å². The molecule has 0 bridgehead atoms. The summed E-state index contributed by atoms with van der Waals surface area (Å²) in [5.74, 6) is 0.150. The molecular formula is C25H22N4O4S. The summed E-state index contributed by atoms with van der Waals surface area (Å²) in [5.41, 5.74) is 6.16. The highest BCUT2D eigenvalue weighted by molar-refractivity contribution is 8.00. The van der Waals surface area contributed by atoms with Gasteiger partial charge in [0.25, 0.3) is 11.6 Å². The second kappa shape index (κ2) is 10.3. The molecule has 0 aromatic heterocycles. The highest BCUT2D eigenvalue weighted by Crippen LogP contribution is 2.39. The lowest BCUT2D eigenvalue weighted by molar-refractivity contribution is -0.384. The van der Waals surface area contributed by atoms with Crippen LogP contribution in [0.5, 0.6) is 0 Å². The molecule has 1 aliphatic heterocycles. The number of nitrogens with zero attached hydrogens (tertiary/aromatic N) is 3. The summed E-state index contributed by atoms with van der Waals surface area (Å²) in [7, 11) is 0. The zero-order valence-corrected chi connectivity index (χ0v) is 19.2. The number of non-ortho nitro benzene ring substituents is 1. The van der Waals surface area contributed by atoms with Crippen molar-refractivity contribution in [3.63, 3.8) is 0 Å². The minimum atomic E-state index is -0.470. The SMILES string of the molecule is C/C(=N/NC(=O)c1ccc([C@@H]2SCC(=O)N2Cc2ccccc2)cc1)c1ccc([N+](=O)[O-])cc1. The van der Waals surface area contributed by atoms with E-state index in [1.807, 2.05) is 47.4 Å². The molecule has 1 saturated heterocycles. The summed E-state index contributed by atoms with van der Waals surface area (Å²) in [5, 5.41) is 14.8. The molecule has 1 atom stereocenters. The minimum Gasteiger partial charge on any atom is -0.322 e. The van der Waals surface area contributed by atoms with E-state index in [2.05, 4.69) is 10.5 Å². The average Bonchev–Trinajstić information content (AvgIpc) is 3.23. The number of nitro benzene ring substituents is 1. The van der Waals surface area contributed by atoms with Crippen LogP contribution in [0.25, 0.3) is 0 Å². The Morgan fingerprint density at radius 1 is 1.06 bits per heavy atom. The van der Waals surface area contributed by atoms with Crippen LogP contribution in [0.4, 0.5) is 5.69 Å². The zero-order valence-electron chi connectivity index (χ0n) is 18.4. The van der Waals surface area contributed by atoms with E-state index in [0.717, 1.165) is 11.1 Å². The quantitative estimate of drug-likeness (QED) is 0.308. The van der Waals surface area contributed by atoms with Crippen LogP contribution in [-0.4, -0.2) is 33.1 Å². The van der Waals surface area contributed by atoms with E-state index in [-0.39, 0.29) is 22.9 Å². The maximum atomic E-state index is 12.5. The summed E-state index contributed by atoms with van der Waals surface area (Å²) in [6.45, 7) is 2.25. The Morgan fingerprint density at radius 2 is 1.71 bits per heavy atom. The van der Waals surface area contributed by atoms with Gasteiger partial charge in [-0.1, -0.05) is 42.5 Å². The maximum absolute atomic E-state index is 12.5. The van der Waals surface area contributed by atoms with Crippen molar-refractivity contribution in [1.29, 1.82) is 0 Å². The Hall–Kier alpha value is -3.98. The number of rotatable bonds is 7. The van der Waals surface area contributed by atoms with Crippen LogP contribution in [-0.2, 0) is 11.3 Å². The molecule has 3 aromatic carbocycles. The van der Waals surface area contributed by atoms with Crippen LogP contribution in [0.2, 0.25) is 0 Å². The van der Waals surface area contributed by atoms with Crippen LogP contribution in [0, 0.1) is 10.1 Å². The Kier molecular flexibility index (Phi) is 7.03. The van der Waals surface area contributed by atoms with Gasteiger partial charge in [-0.3, -0.25) is 19.7 Å². The molecule has 9 heteroatoms. The van der Waals surface area contributed by atoms with Crippen LogP contribution < -0.4 is 5.43 Å². The second-order valence-electron chi connectivity index (χ2n) is 7.73. The normalized spacial score (nSPS) is 15.9. The molecule has 2 amide bonds. The predicted molar refractivity (Wildman–Crippen MR) is 131 cm³/mol. The molecule has 0 radical (unpaired) electrons. The summed E-state index contributed by atoms with van der Waals surface area (Å²) in [4.78, 5) is 37.1. The Bertz CT molecular complexity index is 1230. The molecule has 0 unspecified atom stereocenters. The van der Waals surface area contributed by atoms with Gasteiger partial charge in [-0.2, -0.15) is 5.10 Å². The third kappa shape index (κ3) is 5.32. The van der Waals surface area contributed by atoms with E-state index in [4.69, 9.17) is 0 Å². The number of carbonyl (C=O) groups is 2. The molecule has 1 fully saturated rings. The fourth-order valence-corrected chi connectivity index (χ4v) is 4.76. The fourth-order valence-electron chi connectivity index (χ4n) is 3.57. The van der Waals surface area contributed by atoms with Gasteiger partial charge in [0.1, 0.15) is 5.37 Å². The van der Waals surface area contributed by atoms with Crippen molar-refractivity contribution >= 4 is 35.0 Å². The highest BCUT2D eigenvalue weighted by atomic mass is 32.2. The first-order valence-electron chi connectivity index (χ1n) is 10.6. The Morgan fingerprint density at radius 3 is 2.35 bits per heavy atom. The molecule has 1 N–H and O–H groups in total. The number of hydrazone groups is 1. The highest BCUT2D eigenvalue weighted by Gasteiger charge is 2.32. The molecule has 172 valence electrons. The molecular weight excluding hydrogens is 452 g/mol. The third-order valence-corrected chi connectivity index (χ3v) is 6.70. The average molecular weight is 475 g/mol. The number of hydrogen-bond acceptors (Lipinski definition) is 6. The van der Waals surface area contributed by atoms with Gasteiger partial charge in [-0.25, -0.2) is 5.43 Å². The zero-order chi connectivity index (χ0) is 24.1. The molecule has 4 rings (SSSR count). The van der Waals surface area contributed by atoms with E-state index in [0.29, 0.717) is 29.1 Å². The van der Waals surface area contributed by atoms with E-state index in [9.17, 15) is 19.7 Å². The van der Waals surface area contributed by atoms with Gasteiger partial charge in [-0.15, -0.1) is 11.8 Å². The van der Waals surface area contributed by atoms with Crippen molar-refractivity contribution in [3.8, 4) is 0 Å². The number of nitrogens with one attached hydrogen (secondary N) is 1. The van der Waals surface area contributed by atoms with Gasteiger partial charge in [-0.05, 0) is 47.9 Å². The maximum Gasteiger partial charge on any atom is 0.271 e. The summed E-state index contributed by atoms with van der Waals surface area (Å²) < 4.78 is 0. The van der Waals surface area contributed by atoms with Crippen molar-refractivity contribution in [3.05, 3.63) is 111 Å². The van der Waals surface area contributed by atoms with Crippen molar-refractivity contribution in [1.82, 2.24) is 10.3 Å². The third-order valence-electron chi connectivity index (χ3n) is 5.44. The number of amides is 2. The standard InChI is InChI=1S/C25H22N4O4S/c1-17(19-11-13-22(14-12-19)29(32)33)26-27-24(31)20-7-9-21(10-8-20)25-28(23(30)16-34-25)15-18-5-3-2-4-6-18/h2-14,25H,15-16H2,1H3,(H,27,31)/b26-17-/t25-/m0/s1. The fraction of sp³-hybridized carbons (Fsp3) is 0.160. The smallest absolute Gasteiger partial charge is 0.271 e. The van der Waals surface area contributed by atoms with Gasteiger partial charge in [0.2, 0.25) is 5.91 Å². The lowest BCUT2D eigenvalue weighted by atomic mass is 10.1. The van der Waals surface area contributed by atoms with Crippen molar-refractivity contribution < 1.29 is 14.5 Å². The van der Waals surface area contributed by atoms with E-state index >= 15 is 0 Å². The number of nitro groups is 1. The summed E-state index contributed by atoms with van der Waals surface area (Å²) in [6, 6.07) is 22.9. The Labute approximate surface area is 200 Å². The summed E-state index contributed by atoms with van der Waals surface area (Å²) in [6.07, 6.45) is 0. The van der Waals surface area contributed by atoms with Gasteiger partial charge >= 0.3 is 0 Å². The molecule has 0 aliphatic carbocycles. The number of carbonyl (C=O) groups excluding carboxylic acids is 2. The molecule has 3 aromatic rings. The Balaban J connectivity index is 1.41. The second-order valence-corrected chi connectivity index (χ2v) is 8.80. The van der Waals surface area contributed by atoms with Gasteiger partial charge in [0.15, 0.2) is 0 Å². The van der Waals surface area contributed by atoms with Crippen LogP contribution in [0.3, 0.4) is 0 Å². The first-order valence-corrected chi connectivity index (χ1v) is 11.6. The number of benzene rings is 3. The molecule has 0 saturated carbocycles. The first-order chi connectivity index (χ1) is 16.4. The molecule has 1 heterocycles. The monoisotopic (exact) mass is 474 g/mol. The largest absolute Gasteiger partial charge is 0.322 e. The van der Waals surface area contributed by atoms with Crippen LogP contribution in [0.15, 0.2) is 84.0 Å². The molecule has 34 heavy (non-hydrogen) atoms. The van der Waals surface area contributed by atoms with Gasteiger partial charge in [0, 0.05) is 24.2 Å². The summed E-state index contributed by atoms with van der Waals surface area (Å²) >= 11 is 1.57. The lowest BCUT2D eigenvalue weighted by Gasteiger charge is -2.24. The van der Waals surface area contributed by atoms with Gasteiger partial charge in [0.05, 0.1) is 16.4 Å². The van der Waals surface area contributed by atoms with Crippen LogP contribution in [0.1, 0.15) is 39.3 Å². The molecule has 1 aliphatic rings. The lowest BCUT2D eigenvalue weighted by Crippen LogP contribution is -2.27. The van der Waals surface area contributed by atoms with Crippen molar-refractivity contribution in [2.45, 2.75) is 18.8 Å². The minimum absolute atomic E-state index is 0.00913. The first kappa shape index (κ1) is 23.2. The van der Waals surface area contributed by atoms with E-state index in [1.54, 1.807) is 43.0 Å². The van der Waals surface area contributed by atoms with Crippen molar-refractivity contribution in [2.75, 3.05) is 5.75 Å². The van der Waals surface area contributed by atoms with Crippen molar-refractivity contribution in [2.24, 2.45) is 5.10 Å². The van der Waals surface area contributed by atoms with Gasteiger partial charge < -0.3 is 4.90 Å². The van der Waals surface area contributed by atoms with E-state index in [1.165, 1.54) is 12.1 Å². The van der Waals surface area contributed by atoms with E-state index < -0.39 is 4.92 Å². The van der Waals surface area contributed by atoms with Crippen LogP contribution >= 0.6 is 11.8 Å². The predicted octanol–water partition coefficient (Wildman–Crippen LogP) is 4.52. The number of hydrogen-bond donors (Lipinski definition) is 1. The molecule has 0 spiro atoms. The molecule has 8 nitrogen and oxygen atoms in total. The number of thioether (sulfide) groups is 1.